The van der Waals surface area contributed by atoms with Gasteiger partial charge in [0.1, 0.15) is 0 Å². The third-order valence-corrected chi connectivity index (χ3v) is 2.96. The van der Waals surface area contributed by atoms with Gasteiger partial charge in [-0.3, -0.25) is 0 Å². The minimum absolute atomic E-state index is 0. The van der Waals surface area contributed by atoms with Crippen molar-refractivity contribution in [3.8, 4) is 11.1 Å². The molecule has 0 saturated carbocycles. The molecule has 0 aromatic heterocycles. The lowest BCUT2D eigenvalue weighted by Crippen LogP contribution is -2.10. The third kappa shape index (κ3) is 1.84. The summed E-state index contributed by atoms with van der Waals surface area (Å²) in [7, 11) is 0. The minimum atomic E-state index is 0. The second-order valence-electron chi connectivity index (χ2n) is 3.92. The zero-order valence-electron chi connectivity index (χ0n) is 8.94. The van der Waals surface area contributed by atoms with Crippen LogP contribution in [0.15, 0.2) is 48.5 Å². The summed E-state index contributed by atoms with van der Waals surface area (Å²) in [5.74, 6) is 0. The summed E-state index contributed by atoms with van der Waals surface area (Å²) in [6.07, 6.45) is 0. The SMILES string of the molecule is Cl.c1ccc2c(c1)CNCc1ccccc1-2. The van der Waals surface area contributed by atoms with Crippen LogP contribution in [-0.2, 0) is 13.1 Å². The van der Waals surface area contributed by atoms with Crippen molar-refractivity contribution in [2.24, 2.45) is 0 Å². The quantitative estimate of drug-likeness (QED) is 0.733. The molecule has 1 aliphatic rings. The Morgan fingerprint density at radius 2 is 1.12 bits per heavy atom. The fraction of sp³-hybridized carbons (Fsp3) is 0.143. The van der Waals surface area contributed by atoms with Gasteiger partial charge in [-0.15, -0.1) is 12.4 Å². The second kappa shape index (κ2) is 4.69. The number of nitrogens with one attached hydrogen (secondary N) is 1. The van der Waals surface area contributed by atoms with E-state index in [9.17, 15) is 0 Å². The number of rotatable bonds is 0. The van der Waals surface area contributed by atoms with Crippen molar-refractivity contribution >= 4 is 12.4 Å². The van der Waals surface area contributed by atoms with E-state index in [0.29, 0.717) is 0 Å². The van der Waals surface area contributed by atoms with E-state index in [2.05, 4.69) is 53.8 Å². The highest BCUT2D eigenvalue weighted by Gasteiger charge is 2.11. The van der Waals surface area contributed by atoms with Gasteiger partial charge >= 0.3 is 0 Å². The highest BCUT2D eigenvalue weighted by molar-refractivity contribution is 5.85. The van der Waals surface area contributed by atoms with Gasteiger partial charge in [0.15, 0.2) is 0 Å². The first-order chi connectivity index (χ1) is 7.45. The van der Waals surface area contributed by atoms with Gasteiger partial charge in [0, 0.05) is 13.1 Å². The minimum Gasteiger partial charge on any atom is -0.309 e. The Balaban J connectivity index is 0.000000963. The van der Waals surface area contributed by atoms with E-state index in [1.807, 2.05) is 0 Å². The van der Waals surface area contributed by atoms with Gasteiger partial charge in [0.05, 0.1) is 0 Å². The maximum Gasteiger partial charge on any atom is 0.0214 e. The molecule has 0 unspecified atom stereocenters. The molecule has 2 aromatic carbocycles. The molecule has 1 heterocycles. The van der Waals surface area contributed by atoms with Crippen molar-refractivity contribution in [1.29, 1.82) is 0 Å². The van der Waals surface area contributed by atoms with Crippen LogP contribution in [0.4, 0.5) is 0 Å². The van der Waals surface area contributed by atoms with Crippen molar-refractivity contribution in [3.05, 3.63) is 59.7 Å². The highest BCUT2D eigenvalue weighted by Crippen LogP contribution is 2.29. The topological polar surface area (TPSA) is 12.0 Å². The molecule has 0 radical (unpaired) electrons. The zero-order chi connectivity index (χ0) is 10.1. The monoisotopic (exact) mass is 231 g/mol. The van der Waals surface area contributed by atoms with Crippen LogP contribution in [0.3, 0.4) is 0 Å². The molecule has 0 saturated heterocycles. The highest BCUT2D eigenvalue weighted by atomic mass is 35.5. The van der Waals surface area contributed by atoms with Crippen LogP contribution in [0.25, 0.3) is 11.1 Å². The van der Waals surface area contributed by atoms with Crippen molar-refractivity contribution in [3.63, 3.8) is 0 Å². The van der Waals surface area contributed by atoms with E-state index >= 15 is 0 Å². The smallest absolute Gasteiger partial charge is 0.0214 e. The Morgan fingerprint density at radius 3 is 1.62 bits per heavy atom. The Morgan fingerprint density at radius 1 is 0.688 bits per heavy atom. The third-order valence-electron chi connectivity index (χ3n) is 2.96. The molecule has 2 heteroatoms. The summed E-state index contributed by atoms with van der Waals surface area (Å²) in [5.41, 5.74) is 5.53. The lowest BCUT2D eigenvalue weighted by molar-refractivity contribution is 0.703. The molecule has 0 fully saturated rings. The predicted octanol–water partition coefficient (Wildman–Crippen LogP) is 3.38. The van der Waals surface area contributed by atoms with Gasteiger partial charge in [-0.2, -0.15) is 0 Å². The Kier molecular flexibility index (Phi) is 3.28. The van der Waals surface area contributed by atoms with Gasteiger partial charge in [0.25, 0.3) is 0 Å². The lowest BCUT2D eigenvalue weighted by Gasteiger charge is -2.07. The van der Waals surface area contributed by atoms with Crippen LogP contribution in [-0.4, -0.2) is 0 Å². The predicted molar refractivity (Wildman–Crippen MR) is 69.7 cm³/mol. The summed E-state index contributed by atoms with van der Waals surface area (Å²) in [6.45, 7) is 1.93. The van der Waals surface area contributed by atoms with E-state index in [1.54, 1.807) is 0 Å². The first kappa shape index (κ1) is 11.2. The van der Waals surface area contributed by atoms with E-state index in [4.69, 9.17) is 0 Å². The summed E-state index contributed by atoms with van der Waals surface area (Å²) in [6, 6.07) is 17.3. The average molecular weight is 232 g/mol. The van der Waals surface area contributed by atoms with Gasteiger partial charge in [-0.1, -0.05) is 48.5 Å². The van der Waals surface area contributed by atoms with E-state index < -0.39 is 0 Å². The van der Waals surface area contributed by atoms with Crippen LogP contribution in [0.5, 0.6) is 0 Å². The fourth-order valence-electron chi connectivity index (χ4n) is 2.21. The summed E-state index contributed by atoms with van der Waals surface area (Å²) >= 11 is 0. The van der Waals surface area contributed by atoms with Crippen LogP contribution in [0.1, 0.15) is 11.1 Å². The fourth-order valence-corrected chi connectivity index (χ4v) is 2.21. The Labute approximate surface area is 102 Å². The largest absolute Gasteiger partial charge is 0.309 e. The molecular formula is C14H14ClN. The maximum atomic E-state index is 3.46. The number of fused-ring (bicyclic) bond motifs is 3. The second-order valence-corrected chi connectivity index (χ2v) is 3.92. The molecular weight excluding hydrogens is 218 g/mol. The van der Waals surface area contributed by atoms with Gasteiger partial charge in [-0.05, 0) is 22.3 Å². The van der Waals surface area contributed by atoms with Crippen molar-refractivity contribution in [2.75, 3.05) is 0 Å². The molecule has 82 valence electrons. The van der Waals surface area contributed by atoms with E-state index in [1.165, 1.54) is 22.3 Å². The standard InChI is InChI=1S/C14H13N.ClH/c1-3-7-13-11(5-1)9-15-10-12-6-2-4-8-14(12)13;/h1-8,15H,9-10H2;1H. The number of hydrogen-bond acceptors (Lipinski definition) is 1. The van der Waals surface area contributed by atoms with Crippen LogP contribution in [0.2, 0.25) is 0 Å². The molecule has 16 heavy (non-hydrogen) atoms. The normalized spacial score (nSPS) is 13.0. The molecule has 0 atom stereocenters. The number of hydrogen-bond donors (Lipinski definition) is 1. The number of benzene rings is 2. The van der Waals surface area contributed by atoms with Crippen molar-refractivity contribution in [1.82, 2.24) is 5.32 Å². The molecule has 0 amide bonds. The van der Waals surface area contributed by atoms with Gasteiger partial charge in [-0.25, -0.2) is 0 Å². The van der Waals surface area contributed by atoms with Gasteiger partial charge in [0.2, 0.25) is 0 Å². The molecule has 2 aromatic rings. The van der Waals surface area contributed by atoms with Crippen LogP contribution < -0.4 is 5.32 Å². The molecule has 1 nitrogen and oxygen atoms in total. The average Bonchev–Trinajstić information content (AvgIpc) is 2.48. The first-order valence-corrected chi connectivity index (χ1v) is 5.32. The first-order valence-electron chi connectivity index (χ1n) is 5.32. The molecule has 1 aliphatic heterocycles. The van der Waals surface area contributed by atoms with Crippen LogP contribution >= 0.6 is 12.4 Å². The van der Waals surface area contributed by atoms with Crippen molar-refractivity contribution < 1.29 is 0 Å². The molecule has 3 rings (SSSR count). The molecule has 1 N–H and O–H groups in total. The van der Waals surface area contributed by atoms with Crippen molar-refractivity contribution in [2.45, 2.75) is 13.1 Å². The van der Waals surface area contributed by atoms with E-state index in [0.717, 1.165) is 13.1 Å². The summed E-state index contributed by atoms with van der Waals surface area (Å²) in [5, 5.41) is 3.46. The molecule has 0 spiro atoms. The summed E-state index contributed by atoms with van der Waals surface area (Å²) < 4.78 is 0. The van der Waals surface area contributed by atoms with Crippen LogP contribution in [0, 0.1) is 0 Å². The number of halogens is 1. The Hall–Kier alpha value is -1.31. The lowest BCUT2D eigenvalue weighted by atomic mass is 9.97. The zero-order valence-corrected chi connectivity index (χ0v) is 9.76. The summed E-state index contributed by atoms with van der Waals surface area (Å²) in [4.78, 5) is 0. The van der Waals surface area contributed by atoms with E-state index in [-0.39, 0.29) is 12.4 Å². The van der Waals surface area contributed by atoms with Gasteiger partial charge < -0.3 is 5.32 Å². The molecule has 0 bridgehead atoms. The molecule has 0 aliphatic carbocycles. The Bertz CT molecular complexity index is 448. The maximum absolute atomic E-state index is 3.46.